The van der Waals surface area contributed by atoms with E-state index in [4.69, 9.17) is 5.73 Å². The molecule has 0 amide bonds. The Hall–Kier alpha value is -1.68. The fraction of sp³-hybridized carbons (Fsp3) is 0.400. The number of aryl methyl sites for hydroxylation is 2. The van der Waals surface area contributed by atoms with E-state index < -0.39 is 0 Å². The molecule has 0 radical (unpaired) electrons. The number of imidazole rings is 1. The Morgan fingerprint density at radius 2 is 2.11 bits per heavy atom. The first-order valence-corrected chi connectivity index (χ1v) is 6.72. The van der Waals surface area contributed by atoms with E-state index in [1.54, 1.807) is 6.07 Å². The van der Waals surface area contributed by atoms with Gasteiger partial charge in [0.15, 0.2) is 0 Å². The molecular formula is C15H20FN3. The van der Waals surface area contributed by atoms with E-state index in [-0.39, 0.29) is 5.82 Å². The number of nitrogens with one attached hydrogen (secondary N) is 1. The number of halogens is 1. The second-order valence-corrected chi connectivity index (χ2v) is 4.77. The van der Waals surface area contributed by atoms with Gasteiger partial charge in [0.25, 0.3) is 0 Å². The molecule has 0 spiro atoms. The molecule has 19 heavy (non-hydrogen) atoms. The van der Waals surface area contributed by atoms with Gasteiger partial charge >= 0.3 is 0 Å². The maximum absolute atomic E-state index is 13.2. The smallest absolute Gasteiger partial charge is 0.123 e. The van der Waals surface area contributed by atoms with Gasteiger partial charge in [0.2, 0.25) is 0 Å². The van der Waals surface area contributed by atoms with E-state index in [9.17, 15) is 4.39 Å². The Morgan fingerprint density at radius 3 is 2.84 bits per heavy atom. The fourth-order valence-corrected chi connectivity index (χ4v) is 2.17. The Bertz CT molecular complexity index is 534. The molecule has 102 valence electrons. The zero-order valence-corrected chi connectivity index (χ0v) is 11.2. The highest BCUT2D eigenvalue weighted by Crippen LogP contribution is 2.22. The molecule has 3 N–H and O–H groups in total. The minimum atomic E-state index is -0.232. The van der Waals surface area contributed by atoms with Crippen molar-refractivity contribution in [3.8, 4) is 11.3 Å². The molecule has 0 unspecified atom stereocenters. The van der Waals surface area contributed by atoms with Crippen LogP contribution in [0.5, 0.6) is 0 Å². The molecule has 0 aliphatic heterocycles. The molecule has 0 aliphatic rings. The highest BCUT2D eigenvalue weighted by molar-refractivity contribution is 5.61. The van der Waals surface area contributed by atoms with Gasteiger partial charge in [0.1, 0.15) is 11.6 Å². The van der Waals surface area contributed by atoms with Gasteiger partial charge in [-0.1, -0.05) is 18.6 Å². The van der Waals surface area contributed by atoms with Crippen molar-refractivity contribution >= 4 is 0 Å². The largest absolute Gasteiger partial charge is 0.346 e. The van der Waals surface area contributed by atoms with Crippen molar-refractivity contribution in [1.29, 1.82) is 0 Å². The zero-order valence-electron chi connectivity index (χ0n) is 11.2. The van der Waals surface area contributed by atoms with E-state index in [2.05, 4.69) is 9.97 Å². The van der Waals surface area contributed by atoms with Gasteiger partial charge in [0.05, 0.1) is 5.69 Å². The second-order valence-electron chi connectivity index (χ2n) is 4.77. The molecule has 0 bridgehead atoms. The molecule has 4 heteroatoms. The normalized spacial score (nSPS) is 10.9. The molecule has 0 fully saturated rings. The summed E-state index contributed by atoms with van der Waals surface area (Å²) < 4.78 is 13.2. The number of H-pyrrole nitrogens is 1. The molecule has 3 nitrogen and oxygen atoms in total. The van der Waals surface area contributed by atoms with Gasteiger partial charge in [-0.25, -0.2) is 9.37 Å². The molecule has 1 aromatic heterocycles. The lowest BCUT2D eigenvalue weighted by atomic mass is 10.1. The minimum Gasteiger partial charge on any atom is -0.346 e. The lowest BCUT2D eigenvalue weighted by molar-refractivity contribution is 0.628. The van der Waals surface area contributed by atoms with Crippen LogP contribution in [0.15, 0.2) is 24.3 Å². The van der Waals surface area contributed by atoms with Crippen molar-refractivity contribution in [2.45, 2.75) is 32.6 Å². The van der Waals surface area contributed by atoms with Gasteiger partial charge in [-0.3, -0.25) is 0 Å². The summed E-state index contributed by atoms with van der Waals surface area (Å²) in [5.41, 5.74) is 8.12. The third-order valence-electron chi connectivity index (χ3n) is 3.15. The summed E-state index contributed by atoms with van der Waals surface area (Å²) in [6.45, 7) is 2.71. The number of rotatable bonds is 6. The predicted octanol–water partition coefficient (Wildman–Crippen LogP) is 3.20. The lowest BCUT2D eigenvalue weighted by Gasteiger charge is -1.98. The first kappa shape index (κ1) is 13.7. The highest BCUT2D eigenvalue weighted by Gasteiger charge is 2.09. The van der Waals surface area contributed by atoms with Crippen LogP contribution in [-0.4, -0.2) is 16.5 Å². The quantitative estimate of drug-likeness (QED) is 0.785. The molecule has 0 atom stereocenters. The van der Waals surface area contributed by atoms with E-state index in [0.29, 0.717) is 0 Å². The van der Waals surface area contributed by atoms with Crippen LogP contribution < -0.4 is 5.73 Å². The van der Waals surface area contributed by atoms with Crippen LogP contribution in [0.2, 0.25) is 0 Å². The number of aromatic amines is 1. The molecule has 2 rings (SSSR count). The first-order chi connectivity index (χ1) is 9.20. The molecule has 0 saturated carbocycles. The van der Waals surface area contributed by atoms with E-state index >= 15 is 0 Å². The number of hydrogen-bond acceptors (Lipinski definition) is 2. The van der Waals surface area contributed by atoms with Crippen molar-refractivity contribution in [2.24, 2.45) is 5.73 Å². The van der Waals surface area contributed by atoms with Gasteiger partial charge in [-0.15, -0.1) is 0 Å². The Kier molecular flexibility index (Phi) is 4.68. The summed E-state index contributed by atoms with van der Waals surface area (Å²) in [4.78, 5) is 7.84. The summed E-state index contributed by atoms with van der Waals surface area (Å²) in [6, 6.07) is 6.55. The lowest BCUT2D eigenvalue weighted by Crippen LogP contribution is -1.98. The standard InChI is InChI=1S/C15H20FN3/c1-11-15(12-6-5-7-13(16)10-12)19-14(18-11)8-3-2-4-9-17/h5-7,10H,2-4,8-9,17H2,1H3,(H,18,19). The molecule has 0 saturated heterocycles. The van der Waals surface area contributed by atoms with Crippen molar-refractivity contribution in [3.05, 3.63) is 41.6 Å². The van der Waals surface area contributed by atoms with Crippen molar-refractivity contribution in [1.82, 2.24) is 9.97 Å². The summed E-state index contributed by atoms with van der Waals surface area (Å²) >= 11 is 0. The van der Waals surface area contributed by atoms with Gasteiger partial charge in [0, 0.05) is 17.7 Å². The fourth-order valence-electron chi connectivity index (χ4n) is 2.17. The monoisotopic (exact) mass is 261 g/mol. The SMILES string of the molecule is Cc1[nH]c(CCCCCN)nc1-c1cccc(F)c1. The van der Waals surface area contributed by atoms with E-state index in [0.717, 1.165) is 55.0 Å². The number of hydrogen-bond donors (Lipinski definition) is 2. The van der Waals surface area contributed by atoms with Crippen molar-refractivity contribution < 1.29 is 4.39 Å². The van der Waals surface area contributed by atoms with Crippen LogP contribution >= 0.6 is 0 Å². The number of unbranched alkanes of at least 4 members (excludes halogenated alkanes) is 2. The zero-order chi connectivity index (χ0) is 13.7. The Morgan fingerprint density at radius 1 is 1.26 bits per heavy atom. The molecule has 1 heterocycles. The maximum atomic E-state index is 13.2. The predicted molar refractivity (Wildman–Crippen MR) is 75.3 cm³/mol. The molecule has 0 aliphatic carbocycles. The molecular weight excluding hydrogens is 241 g/mol. The van der Waals surface area contributed by atoms with Crippen LogP contribution in [-0.2, 0) is 6.42 Å². The summed E-state index contributed by atoms with van der Waals surface area (Å²) in [5.74, 6) is 0.734. The average Bonchev–Trinajstić information content (AvgIpc) is 2.76. The number of nitrogens with two attached hydrogens (primary N) is 1. The summed E-state index contributed by atoms with van der Waals surface area (Å²) in [5, 5.41) is 0. The van der Waals surface area contributed by atoms with E-state index in [1.165, 1.54) is 12.1 Å². The van der Waals surface area contributed by atoms with Gasteiger partial charge in [-0.2, -0.15) is 0 Å². The topological polar surface area (TPSA) is 54.7 Å². The van der Waals surface area contributed by atoms with Crippen molar-refractivity contribution in [2.75, 3.05) is 6.54 Å². The third kappa shape index (κ3) is 3.64. The van der Waals surface area contributed by atoms with Crippen LogP contribution in [0.1, 0.15) is 30.8 Å². The maximum Gasteiger partial charge on any atom is 0.123 e. The number of aromatic nitrogens is 2. The molecule has 2 aromatic rings. The first-order valence-electron chi connectivity index (χ1n) is 6.72. The number of nitrogens with zero attached hydrogens (tertiary/aromatic N) is 1. The second kappa shape index (κ2) is 6.48. The van der Waals surface area contributed by atoms with Gasteiger partial charge < -0.3 is 10.7 Å². The van der Waals surface area contributed by atoms with Crippen LogP contribution in [0.25, 0.3) is 11.3 Å². The Balaban J connectivity index is 2.08. The molecule has 1 aromatic carbocycles. The number of benzene rings is 1. The third-order valence-corrected chi connectivity index (χ3v) is 3.15. The highest BCUT2D eigenvalue weighted by atomic mass is 19.1. The summed E-state index contributed by atoms with van der Waals surface area (Å²) in [7, 11) is 0. The van der Waals surface area contributed by atoms with Crippen LogP contribution in [0.3, 0.4) is 0 Å². The van der Waals surface area contributed by atoms with Crippen LogP contribution in [0.4, 0.5) is 4.39 Å². The Labute approximate surface area is 113 Å². The van der Waals surface area contributed by atoms with Gasteiger partial charge in [-0.05, 0) is 38.4 Å². The van der Waals surface area contributed by atoms with E-state index in [1.807, 2.05) is 13.0 Å². The van der Waals surface area contributed by atoms with Crippen molar-refractivity contribution in [3.63, 3.8) is 0 Å². The summed E-state index contributed by atoms with van der Waals surface area (Å²) in [6.07, 6.45) is 4.16. The van der Waals surface area contributed by atoms with Crippen LogP contribution in [0, 0.1) is 12.7 Å². The minimum absolute atomic E-state index is 0.232. The average molecular weight is 261 g/mol.